The molecule has 0 aliphatic rings. The largest absolute Gasteiger partial charge is 0.285 e. The summed E-state index contributed by atoms with van der Waals surface area (Å²) >= 11 is 0. The van der Waals surface area contributed by atoms with Crippen molar-refractivity contribution in [2.45, 2.75) is 64.2 Å². The average Bonchev–Trinajstić information content (AvgIpc) is 3.24. The van der Waals surface area contributed by atoms with Gasteiger partial charge in [0.1, 0.15) is 0 Å². The molecule has 2 nitrogen and oxygen atoms in total. The fourth-order valence-corrected chi connectivity index (χ4v) is 8.52. The Bertz CT molecular complexity index is 2240. The van der Waals surface area contributed by atoms with Crippen molar-refractivity contribution in [1.29, 1.82) is 0 Å². The summed E-state index contributed by atoms with van der Waals surface area (Å²) in [7, 11) is 0. The molecule has 0 saturated heterocycles. The summed E-state index contributed by atoms with van der Waals surface area (Å²) in [5.41, 5.74) is 5.51. The Morgan fingerprint density at radius 3 is 1.04 bits per heavy atom. The number of para-hydroxylation sites is 2. The maximum atomic E-state index is 2.55. The molecule has 0 aliphatic heterocycles. The second-order valence-electron chi connectivity index (χ2n) is 14.9. The lowest BCUT2D eigenvalue weighted by Gasteiger charge is -2.39. The van der Waals surface area contributed by atoms with Gasteiger partial charge in [0, 0.05) is 13.1 Å². The predicted molar refractivity (Wildman–Crippen MR) is 235 cm³/mol. The normalized spacial score (nSPS) is 11.5. The third-order valence-electron chi connectivity index (χ3n) is 11.2. The molecule has 0 spiro atoms. The number of unbranched alkanes of at least 4 members (excludes halogenated alkanes) is 6. The standard InChI is InChI=1S/C52H52N2/c1(7-23-41-39-43-25-13-15-31-47(43)51-35-19-17-33-49(41)51)3-21-37-53(45-27-9-5-10-28-45)54(46-29-11-6-12-30-46)38-22-4-2-8-24-42-40-44-26-14-16-32-48(44)52-36-20-18-34-50(42)52/h5-6,9-20,25-36,39-40H,1-4,7-8,21-24,37-38H2. The third kappa shape index (κ3) is 8.14. The van der Waals surface area contributed by atoms with Crippen LogP contribution < -0.4 is 10.0 Å². The van der Waals surface area contributed by atoms with Crippen LogP contribution in [0.15, 0.2) is 170 Å². The fourth-order valence-electron chi connectivity index (χ4n) is 8.52. The highest BCUT2D eigenvalue weighted by Gasteiger charge is 2.17. The molecule has 270 valence electrons. The van der Waals surface area contributed by atoms with E-state index in [-0.39, 0.29) is 0 Å². The van der Waals surface area contributed by atoms with E-state index in [9.17, 15) is 0 Å². The molecule has 54 heavy (non-hydrogen) atoms. The molecule has 8 rings (SSSR count). The number of aryl methyl sites for hydroxylation is 2. The lowest BCUT2D eigenvalue weighted by atomic mass is 9.94. The first-order valence-electron chi connectivity index (χ1n) is 20.3. The minimum Gasteiger partial charge on any atom is -0.285 e. The monoisotopic (exact) mass is 704 g/mol. The zero-order valence-corrected chi connectivity index (χ0v) is 31.5. The number of rotatable bonds is 17. The van der Waals surface area contributed by atoms with E-state index in [1.54, 1.807) is 0 Å². The molecule has 0 atom stereocenters. The lowest BCUT2D eigenvalue weighted by molar-refractivity contribution is 0.584. The van der Waals surface area contributed by atoms with Gasteiger partial charge in [0.25, 0.3) is 0 Å². The Morgan fingerprint density at radius 1 is 0.278 bits per heavy atom. The number of nitrogens with zero attached hydrogens (tertiary/aromatic N) is 2. The number of hydrazine groups is 1. The molecule has 0 saturated carbocycles. The molecular weight excluding hydrogens is 653 g/mol. The first-order valence-corrected chi connectivity index (χ1v) is 20.3. The number of hydrogen-bond acceptors (Lipinski definition) is 2. The van der Waals surface area contributed by atoms with E-state index in [2.05, 4.69) is 180 Å². The maximum absolute atomic E-state index is 2.55. The molecule has 2 heteroatoms. The quantitative estimate of drug-likeness (QED) is 0.0529. The van der Waals surface area contributed by atoms with Gasteiger partial charge in [0.2, 0.25) is 0 Å². The van der Waals surface area contributed by atoms with Gasteiger partial charge in [-0.05, 0) is 117 Å². The van der Waals surface area contributed by atoms with E-state index < -0.39 is 0 Å². The van der Waals surface area contributed by atoms with Crippen molar-refractivity contribution in [2.24, 2.45) is 0 Å². The van der Waals surface area contributed by atoms with Crippen molar-refractivity contribution in [2.75, 3.05) is 23.1 Å². The van der Waals surface area contributed by atoms with Crippen LogP contribution in [0, 0.1) is 0 Å². The molecule has 0 aromatic heterocycles. The minimum atomic E-state index is 1.01. The molecule has 0 radical (unpaired) electrons. The topological polar surface area (TPSA) is 6.48 Å². The van der Waals surface area contributed by atoms with Crippen LogP contribution in [-0.2, 0) is 12.8 Å². The van der Waals surface area contributed by atoms with Crippen LogP contribution in [0.25, 0.3) is 43.1 Å². The average molecular weight is 705 g/mol. The smallest absolute Gasteiger partial charge is 0.0574 e. The summed E-state index contributed by atoms with van der Waals surface area (Å²) in [6.45, 7) is 2.01. The van der Waals surface area contributed by atoms with E-state index in [1.807, 2.05) is 0 Å². The lowest BCUT2D eigenvalue weighted by Crippen LogP contribution is -2.44. The maximum Gasteiger partial charge on any atom is 0.0574 e. The van der Waals surface area contributed by atoms with Crippen LogP contribution in [0.3, 0.4) is 0 Å². The van der Waals surface area contributed by atoms with E-state index in [0.717, 1.165) is 38.8 Å². The molecule has 8 aromatic rings. The molecule has 0 amide bonds. The van der Waals surface area contributed by atoms with Crippen molar-refractivity contribution in [3.63, 3.8) is 0 Å². The van der Waals surface area contributed by atoms with Gasteiger partial charge in [-0.25, -0.2) is 0 Å². The van der Waals surface area contributed by atoms with Crippen LogP contribution in [0.2, 0.25) is 0 Å². The second kappa shape index (κ2) is 17.5. The van der Waals surface area contributed by atoms with E-state index in [1.165, 1.54) is 104 Å². The highest BCUT2D eigenvalue weighted by molar-refractivity contribution is 6.09. The Kier molecular flexibility index (Phi) is 11.5. The minimum absolute atomic E-state index is 1.01. The van der Waals surface area contributed by atoms with Gasteiger partial charge in [0.15, 0.2) is 0 Å². The zero-order chi connectivity index (χ0) is 36.4. The summed E-state index contributed by atoms with van der Waals surface area (Å²) in [6, 6.07) is 62.5. The third-order valence-corrected chi connectivity index (χ3v) is 11.2. The van der Waals surface area contributed by atoms with Crippen LogP contribution >= 0.6 is 0 Å². The molecular formula is C52H52N2. The highest BCUT2D eigenvalue weighted by Crippen LogP contribution is 2.32. The summed E-state index contributed by atoms with van der Waals surface area (Å²) < 4.78 is 0. The van der Waals surface area contributed by atoms with Crippen molar-refractivity contribution in [1.82, 2.24) is 0 Å². The van der Waals surface area contributed by atoms with Gasteiger partial charge in [-0.2, -0.15) is 0 Å². The molecule has 0 bridgehead atoms. The SMILES string of the molecule is c1ccc(N(CCCCCCc2cc3ccccc3c3ccccc23)N(CCCCCCc2cc3ccccc3c3ccccc23)c2ccccc2)cc1. The number of anilines is 2. The molecule has 0 unspecified atom stereocenters. The van der Waals surface area contributed by atoms with Gasteiger partial charge in [-0.1, -0.05) is 171 Å². The molecule has 8 aromatic carbocycles. The Morgan fingerprint density at radius 2 is 0.611 bits per heavy atom. The number of benzene rings is 8. The van der Waals surface area contributed by atoms with Gasteiger partial charge in [-0.3, -0.25) is 10.0 Å². The van der Waals surface area contributed by atoms with Crippen LogP contribution in [0.4, 0.5) is 11.4 Å². The first kappa shape index (κ1) is 35.4. The van der Waals surface area contributed by atoms with E-state index in [4.69, 9.17) is 0 Å². The molecule has 0 fully saturated rings. The van der Waals surface area contributed by atoms with Crippen LogP contribution in [0.5, 0.6) is 0 Å². The predicted octanol–water partition coefficient (Wildman–Crippen LogP) is 14.1. The van der Waals surface area contributed by atoms with Crippen molar-refractivity contribution >= 4 is 54.5 Å². The Hall–Kier alpha value is -5.60. The second-order valence-corrected chi connectivity index (χ2v) is 14.9. The first-order chi connectivity index (χ1) is 26.8. The van der Waals surface area contributed by atoms with Crippen molar-refractivity contribution in [3.05, 3.63) is 181 Å². The van der Waals surface area contributed by atoms with Crippen molar-refractivity contribution < 1.29 is 0 Å². The van der Waals surface area contributed by atoms with Gasteiger partial charge >= 0.3 is 0 Å². The highest BCUT2D eigenvalue weighted by atomic mass is 15.6. The van der Waals surface area contributed by atoms with Crippen LogP contribution in [-0.4, -0.2) is 13.1 Å². The molecule has 0 N–H and O–H groups in total. The van der Waals surface area contributed by atoms with E-state index in [0.29, 0.717) is 0 Å². The molecule has 0 heterocycles. The van der Waals surface area contributed by atoms with Crippen molar-refractivity contribution in [3.8, 4) is 0 Å². The zero-order valence-electron chi connectivity index (χ0n) is 31.5. The van der Waals surface area contributed by atoms with E-state index >= 15 is 0 Å². The number of fused-ring (bicyclic) bond motifs is 6. The van der Waals surface area contributed by atoms with Gasteiger partial charge < -0.3 is 0 Å². The van der Waals surface area contributed by atoms with Gasteiger partial charge in [0.05, 0.1) is 11.4 Å². The summed E-state index contributed by atoms with van der Waals surface area (Å²) in [5, 5.41) is 16.1. The number of hydrogen-bond donors (Lipinski definition) is 0. The summed E-state index contributed by atoms with van der Waals surface area (Å²) in [6.07, 6.45) is 11.9. The fraction of sp³-hybridized carbons (Fsp3) is 0.231. The Balaban J connectivity index is 0.886. The summed E-state index contributed by atoms with van der Waals surface area (Å²) in [5.74, 6) is 0. The van der Waals surface area contributed by atoms with Gasteiger partial charge in [-0.15, -0.1) is 0 Å². The Labute approximate surface area is 321 Å². The molecule has 0 aliphatic carbocycles. The summed E-state index contributed by atoms with van der Waals surface area (Å²) in [4.78, 5) is 0. The van der Waals surface area contributed by atoms with Crippen LogP contribution in [0.1, 0.15) is 62.5 Å².